The molecule has 0 aliphatic heterocycles. The lowest BCUT2D eigenvalue weighted by atomic mass is 10.3. The Balaban J connectivity index is 0. The molecule has 0 amide bonds. The van der Waals surface area contributed by atoms with Crippen molar-refractivity contribution in [3.63, 3.8) is 0 Å². The van der Waals surface area contributed by atoms with Crippen molar-refractivity contribution in [1.29, 1.82) is 0 Å². The summed E-state index contributed by atoms with van der Waals surface area (Å²) in [4.78, 5) is 0. The SMILES string of the molecule is CC.CC/C=C\C(F)=C/CC. The smallest absolute Gasteiger partial charge is 0.118 e. The van der Waals surface area contributed by atoms with Gasteiger partial charge in [0.1, 0.15) is 5.83 Å². The van der Waals surface area contributed by atoms with Crippen LogP contribution >= 0.6 is 0 Å². The van der Waals surface area contributed by atoms with Gasteiger partial charge in [-0.3, -0.25) is 0 Å². The normalized spacial score (nSPS) is 11.2. The van der Waals surface area contributed by atoms with Crippen LogP contribution in [0, 0.1) is 0 Å². The number of hydrogen-bond donors (Lipinski definition) is 0. The molecule has 0 saturated heterocycles. The fraction of sp³-hybridized carbons (Fsp3) is 0.600. The van der Waals surface area contributed by atoms with Crippen LogP contribution in [0.3, 0.4) is 0 Å². The summed E-state index contributed by atoms with van der Waals surface area (Å²) in [5, 5.41) is 0. The molecule has 11 heavy (non-hydrogen) atoms. The van der Waals surface area contributed by atoms with E-state index in [0.29, 0.717) is 0 Å². The fourth-order valence-electron chi connectivity index (χ4n) is 0.493. The maximum atomic E-state index is 12.4. The van der Waals surface area contributed by atoms with Crippen LogP contribution < -0.4 is 0 Å². The van der Waals surface area contributed by atoms with E-state index in [0.717, 1.165) is 12.8 Å². The van der Waals surface area contributed by atoms with Crippen LogP contribution in [0.15, 0.2) is 24.1 Å². The van der Waals surface area contributed by atoms with Gasteiger partial charge in [-0.15, -0.1) is 0 Å². The van der Waals surface area contributed by atoms with Crippen molar-refractivity contribution in [3.8, 4) is 0 Å². The second-order valence-corrected chi connectivity index (χ2v) is 1.81. The first-order valence-electron chi connectivity index (χ1n) is 4.33. The van der Waals surface area contributed by atoms with Gasteiger partial charge in [0, 0.05) is 0 Å². The minimum absolute atomic E-state index is 0.126. The van der Waals surface area contributed by atoms with E-state index in [9.17, 15) is 4.39 Å². The average Bonchev–Trinajstić information content (AvgIpc) is 2.05. The Morgan fingerprint density at radius 2 is 1.73 bits per heavy atom. The fourth-order valence-corrected chi connectivity index (χ4v) is 0.493. The quantitative estimate of drug-likeness (QED) is 0.539. The van der Waals surface area contributed by atoms with Gasteiger partial charge in [-0.2, -0.15) is 0 Å². The maximum absolute atomic E-state index is 12.4. The Kier molecular flexibility index (Phi) is 14.4. The Labute approximate surface area is 69.8 Å². The zero-order chi connectivity index (χ0) is 9.11. The van der Waals surface area contributed by atoms with Crippen LogP contribution in [0.1, 0.15) is 40.5 Å². The maximum Gasteiger partial charge on any atom is 0.118 e. The molecule has 0 N–H and O–H groups in total. The average molecular weight is 158 g/mol. The van der Waals surface area contributed by atoms with Gasteiger partial charge in [-0.25, -0.2) is 4.39 Å². The van der Waals surface area contributed by atoms with E-state index in [1.807, 2.05) is 33.8 Å². The summed E-state index contributed by atoms with van der Waals surface area (Å²) >= 11 is 0. The third-order valence-corrected chi connectivity index (χ3v) is 0.912. The largest absolute Gasteiger partial charge is 0.207 e. The minimum Gasteiger partial charge on any atom is -0.207 e. The third-order valence-electron chi connectivity index (χ3n) is 0.912. The molecule has 0 aliphatic carbocycles. The molecule has 0 fully saturated rings. The molecular formula is C10H19F. The van der Waals surface area contributed by atoms with Crippen LogP contribution in [-0.2, 0) is 0 Å². The molecule has 0 aromatic heterocycles. The summed E-state index contributed by atoms with van der Waals surface area (Å²) in [5.74, 6) is -0.126. The van der Waals surface area contributed by atoms with E-state index in [4.69, 9.17) is 0 Å². The summed E-state index contributed by atoms with van der Waals surface area (Å²) in [6.07, 6.45) is 6.53. The van der Waals surface area contributed by atoms with Gasteiger partial charge < -0.3 is 0 Å². The highest BCUT2D eigenvalue weighted by Crippen LogP contribution is 2.00. The molecule has 0 aromatic rings. The third kappa shape index (κ3) is 12.6. The number of halogens is 1. The highest BCUT2D eigenvalue weighted by atomic mass is 19.1. The van der Waals surface area contributed by atoms with Crippen molar-refractivity contribution in [1.82, 2.24) is 0 Å². The molecular weight excluding hydrogens is 139 g/mol. The van der Waals surface area contributed by atoms with Crippen LogP contribution in [0.5, 0.6) is 0 Å². The molecule has 0 aromatic carbocycles. The van der Waals surface area contributed by atoms with E-state index < -0.39 is 0 Å². The summed E-state index contributed by atoms with van der Waals surface area (Å²) in [6, 6.07) is 0. The van der Waals surface area contributed by atoms with Crippen molar-refractivity contribution in [2.24, 2.45) is 0 Å². The van der Waals surface area contributed by atoms with Crippen molar-refractivity contribution >= 4 is 0 Å². The zero-order valence-corrected chi connectivity index (χ0v) is 8.02. The highest BCUT2D eigenvalue weighted by Gasteiger charge is 1.81. The molecule has 1 heteroatoms. The van der Waals surface area contributed by atoms with Crippen LogP contribution in [0.25, 0.3) is 0 Å². The highest BCUT2D eigenvalue weighted by molar-refractivity contribution is 5.09. The Bertz CT molecular complexity index is 112. The summed E-state index contributed by atoms with van der Waals surface area (Å²) in [6.45, 7) is 7.90. The predicted molar refractivity (Wildman–Crippen MR) is 50.3 cm³/mol. The first-order valence-corrected chi connectivity index (χ1v) is 4.33. The molecule has 0 spiro atoms. The monoisotopic (exact) mass is 158 g/mol. The lowest BCUT2D eigenvalue weighted by Gasteiger charge is -1.82. The Morgan fingerprint density at radius 1 is 1.18 bits per heavy atom. The molecule has 0 saturated carbocycles. The molecule has 0 heterocycles. The first kappa shape index (κ1) is 13.0. The topological polar surface area (TPSA) is 0 Å². The van der Waals surface area contributed by atoms with Crippen molar-refractivity contribution in [2.45, 2.75) is 40.5 Å². The molecule has 0 bridgehead atoms. The lowest BCUT2D eigenvalue weighted by molar-refractivity contribution is 0.660. The summed E-state index contributed by atoms with van der Waals surface area (Å²) in [7, 11) is 0. The van der Waals surface area contributed by atoms with Crippen LogP contribution in [-0.4, -0.2) is 0 Å². The molecule has 0 radical (unpaired) electrons. The van der Waals surface area contributed by atoms with Crippen LogP contribution in [0.2, 0.25) is 0 Å². The summed E-state index contributed by atoms with van der Waals surface area (Å²) < 4.78 is 12.4. The van der Waals surface area contributed by atoms with E-state index >= 15 is 0 Å². The van der Waals surface area contributed by atoms with Crippen molar-refractivity contribution < 1.29 is 4.39 Å². The van der Waals surface area contributed by atoms with Gasteiger partial charge in [-0.05, 0) is 25.0 Å². The zero-order valence-electron chi connectivity index (χ0n) is 8.02. The van der Waals surface area contributed by atoms with Crippen molar-refractivity contribution in [3.05, 3.63) is 24.1 Å². The molecule has 0 nitrogen and oxygen atoms in total. The molecule has 0 atom stereocenters. The van der Waals surface area contributed by atoms with Gasteiger partial charge in [0.25, 0.3) is 0 Å². The standard InChI is InChI=1S/C8H13F.C2H6/c1-3-5-7-8(9)6-4-2;1-2/h5-7H,3-4H2,1-2H3;1-2H3/b7-5-,8-6+;. The van der Waals surface area contributed by atoms with E-state index in [1.54, 1.807) is 6.08 Å². The minimum atomic E-state index is -0.126. The second kappa shape index (κ2) is 12.1. The van der Waals surface area contributed by atoms with Gasteiger partial charge in [0.2, 0.25) is 0 Å². The van der Waals surface area contributed by atoms with E-state index in [-0.39, 0.29) is 5.83 Å². The van der Waals surface area contributed by atoms with Crippen LogP contribution in [0.4, 0.5) is 4.39 Å². The summed E-state index contributed by atoms with van der Waals surface area (Å²) in [5.41, 5.74) is 0. The van der Waals surface area contributed by atoms with Gasteiger partial charge in [0.15, 0.2) is 0 Å². The van der Waals surface area contributed by atoms with E-state index in [1.165, 1.54) is 6.08 Å². The second-order valence-electron chi connectivity index (χ2n) is 1.81. The van der Waals surface area contributed by atoms with E-state index in [2.05, 4.69) is 0 Å². The first-order chi connectivity index (χ1) is 5.31. The lowest BCUT2D eigenvalue weighted by Crippen LogP contribution is -1.63. The number of allylic oxidation sites excluding steroid dienone is 4. The van der Waals surface area contributed by atoms with Gasteiger partial charge >= 0.3 is 0 Å². The Hall–Kier alpha value is -0.590. The number of rotatable bonds is 3. The molecule has 0 aliphatic rings. The number of hydrogen-bond acceptors (Lipinski definition) is 0. The molecule has 0 rings (SSSR count). The van der Waals surface area contributed by atoms with Gasteiger partial charge in [0.05, 0.1) is 0 Å². The molecule has 66 valence electrons. The van der Waals surface area contributed by atoms with Gasteiger partial charge in [-0.1, -0.05) is 33.8 Å². The molecule has 0 unspecified atom stereocenters. The predicted octanol–water partition coefficient (Wildman–Crippen LogP) is 4.24. The Morgan fingerprint density at radius 3 is 2.09 bits per heavy atom. The van der Waals surface area contributed by atoms with Crippen molar-refractivity contribution in [2.75, 3.05) is 0 Å².